The number of halogens is 1. The number of hydrogen-bond acceptors (Lipinski definition) is 3. The first-order valence-corrected chi connectivity index (χ1v) is 9.11. The van der Waals surface area contributed by atoms with Crippen LogP contribution in [0, 0.1) is 11.8 Å². The highest BCUT2D eigenvalue weighted by atomic mass is 35.5. The standard InChI is InChI=1S/C18H22ClN3O3/c1-21-15-9-22(18(24)20-14-5-3-2-4-13(14)19)8-12(15)16(17(21)23)25-10-11-6-7-11/h2-5,11-12,15-16H,6-10H2,1H3,(H,20,24)/t12-,15+,16-/m0/s1. The van der Waals surface area contributed by atoms with Crippen LogP contribution in [-0.4, -0.2) is 60.6 Å². The average Bonchev–Trinajstić information content (AvgIpc) is 3.27. The van der Waals surface area contributed by atoms with Gasteiger partial charge >= 0.3 is 6.03 Å². The highest BCUT2D eigenvalue weighted by molar-refractivity contribution is 6.33. The van der Waals surface area contributed by atoms with E-state index in [1.165, 1.54) is 12.8 Å². The second-order valence-electron chi connectivity index (χ2n) is 7.19. The Morgan fingerprint density at radius 3 is 2.80 bits per heavy atom. The SMILES string of the molecule is CN1C(=O)[C@@H](OCC2CC2)[C@H]2CN(C(=O)Nc3ccccc3Cl)C[C@H]21. The number of urea groups is 1. The van der Waals surface area contributed by atoms with Crippen LogP contribution < -0.4 is 5.32 Å². The molecule has 2 saturated heterocycles. The van der Waals surface area contributed by atoms with E-state index in [-0.39, 0.29) is 23.9 Å². The molecule has 1 N–H and O–H groups in total. The minimum Gasteiger partial charge on any atom is -0.368 e. The molecule has 4 rings (SSSR count). The highest BCUT2D eigenvalue weighted by Crippen LogP contribution is 2.36. The maximum atomic E-state index is 12.6. The number of rotatable bonds is 4. The molecule has 1 aliphatic carbocycles. The topological polar surface area (TPSA) is 61.9 Å². The summed E-state index contributed by atoms with van der Waals surface area (Å²) < 4.78 is 5.92. The van der Waals surface area contributed by atoms with E-state index in [1.54, 1.807) is 29.0 Å². The molecule has 0 radical (unpaired) electrons. The van der Waals surface area contributed by atoms with Crippen molar-refractivity contribution < 1.29 is 14.3 Å². The predicted molar refractivity (Wildman–Crippen MR) is 94.6 cm³/mol. The van der Waals surface area contributed by atoms with Crippen LogP contribution in [0.15, 0.2) is 24.3 Å². The fourth-order valence-corrected chi connectivity index (χ4v) is 3.89. The van der Waals surface area contributed by atoms with Crippen LogP contribution in [0.2, 0.25) is 5.02 Å². The van der Waals surface area contributed by atoms with E-state index >= 15 is 0 Å². The number of para-hydroxylation sites is 1. The van der Waals surface area contributed by atoms with Crippen LogP contribution >= 0.6 is 11.6 Å². The van der Waals surface area contributed by atoms with E-state index in [2.05, 4.69) is 5.32 Å². The summed E-state index contributed by atoms with van der Waals surface area (Å²) in [5.41, 5.74) is 0.595. The molecule has 3 fully saturated rings. The maximum Gasteiger partial charge on any atom is 0.321 e. The largest absolute Gasteiger partial charge is 0.368 e. The lowest BCUT2D eigenvalue weighted by Gasteiger charge is -2.22. The lowest BCUT2D eigenvalue weighted by molar-refractivity contribution is -0.138. The Bertz CT molecular complexity index is 694. The van der Waals surface area contributed by atoms with Gasteiger partial charge in [-0.15, -0.1) is 0 Å². The summed E-state index contributed by atoms with van der Waals surface area (Å²) >= 11 is 6.11. The number of carbonyl (C=O) groups is 2. The van der Waals surface area contributed by atoms with E-state index < -0.39 is 6.10 Å². The number of amides is 3. The monoisotopic (exact) mass is 363 g/mol. The minimum atomic E-state index is -0.422. The summed E-state index contributed by atoms with van der Waals surface area (Å²) in [5.74, 6) is 0.688. The number of benzene rings is 1. The fraction of sp³-hybridized carbons (Fsp3) is 0.556. The highest BCUT2D eigenvalue weighted by Gasteiger charge is 2.53. The number of ether oxygens (including phenoxy) is 1. The molecule has 0 bridgehead atoms. The molecule has 7 heteroatoms. The van der Waals surface area contributed by atoms with Crippen LogP contribution in [0.4, 0.5) is 10.5 Å². The number of anilines is 1. The van der Waals surface area contributed by atoms with Crippen molar-refractivity contribution in [3.63, 3.8) is 0 Å². The van der Waals surface area contributed by atoms with Gasteiger partial charge in [0.05, 0.1) is 23.4 Å². The van der Waals surface area contributed by atoms with Crippen molar-refractivity contribution in [3.8, 4) is 0 Å². The molecule has 0 spiro atoms. The lowest BCUT2D eigenvalue weighted by Crippen LogP contribution is -2.40. The van der Waals surface area contributed by atoms with E-state index in [9.17, 15) is 9.59 Å². The Balaban J connectivity index is 1.41. The number of hydrogen-bond donors (Lipinski definition) is 1. The number of nitrogens with one attached hydrogen (secondary N) is 1. The van der Waals surface area contributed by atoms with Gasteiger partial charge in [0.2, 0.25) is 0 Å². The van der Waals surface area contributed by atoms with Crippen LogP contribution in [0.1, 0.15) is 12.8 Å². The molecule has 3 aliphatic rings. The molecular weight excluding hydrogens is 342 g/mol. The smallest absolute Gasteiger partial charge is 0.321 e. The van der Waals surface area contributed by atoms with E-state index in [0.717, 1.165) is 0 Å². The number of nitrogens with zero attached hydrogens (tertiary/aromatic N) is 2. The second kappa shape index (κ2) is 6.50. The molecular formula is C18H22ClN3O3. The molecule has 0 aromatic heterocycles. The Morgan fingerprint density at radius 2 is 2.08 bits per heavy atom. The zero-order valence-electron chi connectivity index (χ0n) is 14.2. The van der Waals surface area contributed by atoms with Gasteiger partial charge in [-0.2, -0.15) is 0 Å². The zero-order chi connectivity index (χ0) is 17.6. The molecule has 2 aliphatic heterocycles. The van der Waals surface area contributed by atoms with Crippen molar-refractivity contribution in [2.45, 2.75) is 25.0 Å². The third-order valence-corrected chi connectivity index (χ3v) is 5.75. The minimum absolute atomic E-state index is 0.0219. The van der Waals surface area contributed by atoms with Gasteiger partial charge in [0.25, 0.3) is 5.91 Å². The summed E-state index contributed by atoms with van der Waals surface area (Å²) in [4.78, 5) is 28.5. The van der Waals surface area contributed by atoms with Gasteiger partial charge in [-0.3, -0.25) is 4.79 Å². The first kappa shape index (κ1) is 16.7. The van der Waals surface area contributed by atoms with E-state index in [4.69, 9.17) is 16.3 Å². The normalized spacial score (nSPS) is 28.4. The third kappa shape index (κ3) is 3.20. The fourth-order valence-electron chi connectivity index (χ4n) is 3.71. The molecule has 25 heavy (non-hydrogen) atoms. The summed E-state index contributed by atoms with van der Waals surface area (Å²) in [6.45, 7) is 1.69. The Labute approximate surface area is 152 Å². The summed E-state index contributed by atoms with van der Waals surface area (Å²) in [6, 6.07) is 6.99. The van der Waals surface area contributed by atoms with Crippen molar-refractivity contribution in [2.24, 2.45) is 11.8 Å². The molecule has 2 heterocycles. The molecule has 1 aromatic carbocycles. The van der Waals surface area contributed by atoms with Gasteiger partial charge in [-0.25, -0.2) is 4.79 Å². The zero-order valence-corrected chi connectivity index (χ0v) is 14.9. The lowest BCUT2D eigenvalue weighted by atomic mass is 10.0. The van der Waals surface area contributed by atoms with Gasteiger partial charge in [-0.1, -0.05) is 23.7 Å². The Morgan fingerprint density at radius 1 is 1.32 bits per heavy atom. The molecule has 3 amide bonds. The average molecular weight is 364 g/mol. The summed E-state index contributed by atoms with van der Waals surface area (Å²) in [5, 5.41) is 3.36. The van der Waals surface area contributed by atoms with E-state index in [0.29, 0.717) is 36.3 Å². The summed E-state index contributed by atoms with van der Waals surface area (Å²) in [6.07, 6.45) is 1.96. The van der Waals surface area contributed by atoms with Crippen LogP contribution in [0.5, 0.6) is 0 Å². The number of fused-ring (bicyclic) bond motifs is 1. The first-order chi connectivity index (χ1) is 12.0. The Kier molecular flexibility index (Phi) is 4.33. The first-order valence-electron chi connectivity index (χ1n) is 8.73. The van der Waals surface area contributed by atoms with Crippen LogP contribution in [-0.2, 0) is 9.53 Å². The van der Waals surface area contributed by atoms with Gasteiger partial charge in [0.15, 0.2) is 0 Å². The van der Waals surface area contributed by atoms with Crippen LogP contribution in [0.3, 0.4) is 0 Å². The van der Waals surface area contributed by atoms with Gasteiger partial charge in [0.1, 0.15) is 6.10 Å². The molecule has 1 aromatic rings. The second-order valence-corrected chi connectivity index (χ2v) is 7.60. The van der Waals surface area contributed by atoms with Crippen molar-refractivity contribution in [3.05, 3.63) is 29.3 Å². The number of likely N-dealkylation sites (N-methyl/N-ethyl adjacent to an activating group) is 1. The molecule has 1 saturated carbocycles. The predicted octanol–water partition coefficient (Wildman–Crippen LogP) is 2.44. The van der Waals surface area contributed by atoms with Crippen molar-refractivity contribution in [2.75, 3.05) is 32.1 Å². The van der Waals surface area contributed by atoms with Crippen molar-refractivity contribution in [1.82, 2.24) is 9.80 Å². The van der Waals surface area contributed by atoms with Crippen molar-refractivity contribution in [1.29, 1.82) is 0 Å². The van der Waals surface area contributed by atoms with Gasteiger partial charge in [0, 0.05) is 26.1 Å². The number of likely N-dealkylation sites (tertiary alicyclic amines) is 2. The van der Waals surface area contributed by atoms with Gasteiger partial charge in [-0.05, 0) is 30.9 Å². The number of carbonyl (C=O) groups excluding carboxylic acids is 2. The third-order valence-electron chi connectivity index (χ3n) is 5.42. The van der Waals surface area contributed by atoms with Crippen molar-refractivity contribution >= 4 is 29.2 Å². The van der Waals surface area contributed by atoms with Gasteiger partial charge < -0.3 is 19.9 Å². The molecule has 3 atom stereocenters. The van der Waals surface area contributed by atoms with Crippen LogP contribution in [0.25, 0.3) is 0 Å². The summed E-state index contributed by atoms with van der Waals surface area (Å²) in [7, 11) is 1.80. The maximum absolute atomic E-state index is 12.6. The molecule has 0 unspecified atom stereocenters. The Hall–Kier alpha value is -1.79. The quantitative estimate of drug-likeness (QED) is 0.893. The molecule has 134 valence electrons. The molecule has 6 nitrogen and oxygen atoms in total. The van der Waals surface area contributed by atoms with E-state index in [1.807, 2.05) is 12.1 Å².